The number of urea groups is 1. The minimum Gasteiger partial charge on any atom is -0.454 e. The van der Waals surface area contributed by atoms with Crippen molar-refractivity contribution in [3.63, 3.8) is 0 Å². The SMILES string of the molecule is Cc1cc(CN2C(=O)NC(C)(C)C2=O)oc1C(=O)NN. The van der Waals surface area contributed by atoms with Crippen molar-refractivity contribution in [2.24, 2.45) is 5.84 Å². The highest BCUT2D eigenvalue weighted by Gasteiger charge is 2.44. The second-order valence-corrected chi connectivity index (χ2v) is 5.14. The summed E-state index contributed by atoms with van der Waals surface area (Å²) in [5, 5.41) is 2.57. The van der Waals surface area contributed by atoms with Crippen molar-refractivity contribution in [1.29, 1.82) is 0 Å². The first kappa shape index (κ1) is 14.1. The summed E-state index contributed by atoms with van der Waals surface area (Å²) in [4.78, 5) is 36.2. The van der Waals surface area contributed by atoms with Crippen molar-refractivity contribution in [3.05, 3.63) is 23.2 Å². The predicted octanol–water partition coefficient (Wildman–Crippen LogP) is 0.0219. The van der Waals surface area contributed by atoms with Gasteiger partial charge in [-0.25, -0.2) is 10.6 Å². The fourth-order valence-electron chi connectivity index (χ4n) is 2.03. The molecule has 0 saturated carbocycles. The van der Waals surface area contributed by atoms with E-state index in [-0.39, 0.29) is 18.2 Å². The van der Waals surface area contributed by atoms with Crippen LogP contribution >= 0.6 is 0 Å². The fourth-order valence-corrected chi connectivity index (χ4v) is 2.03. The minimum absolute atomic E-state index is 0.0349. The second kappa shape index (κ2) is 4.64. The Labute approximate surface area is 115 Å². The van der Waals surface area contributed by atoms with Crippen LogP contribution in [0.3, 0.4) is 0 Å². The molecule has 1 aromatic heterocycles. The van der Waals surface area contributed by atoms with Gasteiger partial charge in [-0.15, -0.1) is 0 Å². The molecule has 108 valence electrons. The summed E-state index contributed by atoms with van der Waals surface area (Å²) in [5.74, 6) is 4.53. The number of carbonyl (C=O) groups excluding carboxylic acids is 3. The lowest BCUT2D eigenvalue weighted by Crippen LogP contribution is -2.40. The second-order valence-electron chi connectivity index (χ2n) is 5.14. The molecule has 1 aromatic rings. The average molecular weight is 280 g/mol. The van der Waals surface area contributed by atoms with Crippen LogP contribution < -0.4 is 16.6 Å². The van der Waals surface area contributed by atoms with E-state index in [1.165, 1.54) is 0 Å². The van der Waals surface area contributed by atoms with E-state index in [0.29, 0.717) is 11.3 Å². The molecule has 1 fully saturated rings. The number of imide groups is 1. The molecule has 0 spiro atoms. The number of furan rings is 1. The van der Waals surface area contributed by atoms with Crippen LogP contribution in [0.5, 0.6) is 0 Å². The molecule has 0 bridgehead atoms. The Hall–Kier alpha value is -2.35. The number of nitrogens with zero attached hydrogens (tertiary/aromatic N) is 1. The van der Waals surface area contributed by atoms with E-state index in [0.717, 1.165) is 4.90 Å². The first-order chi connectivity index (χ1) is 9.26. The van der Waals surface area contributed by atoms with Crippen LogP contribution in [0.4, 0.5) is 4.79 Å². The van der Waals surface area contributed by atoms with Gasteiger partial charge in [0.1, 0.15) is 11.3 Å². The summed E-state index contributed by atoms with van der Waals surface area (Å²) in [6, 6.07) is 1.11. The van der Waals surface area contributed by atoms with E-state index in [1.54, 1.807) is 26.8 Å². The normalized spacial score (nSPS) is 17.3. The average Bonchev–Trinajstić information content (AvgIpc) is 2.82. The summed E-state index contributed by atoms with van der Waals surface area (Å²) < 4.78 is 5.33. The van der Waals surface area contributed by atoms with Crippen molar-refractivity contribution in [3.8, 4) is 0 Å². The molecule has 8 heteroatoms. The molecule has 1 aliphatic rings. The van der Waals surface area contributed by atoms with Crippen LogP contribution in [-0.4, -0.2) is 28.3 Å². The van der Waals surface area contributed by atoms with Crippen molar-refractivity contribution in [2.45, 2.75) is 32.9 Å². The molecular weight excluding hydrogens is 264 g/mol. The zero-order valence-corrected chi connectivity index (χ0v) is 11.4. The monoisotopic (exact) mass is 280 g/mol. The lowest BCUT2D eigenvalue weighted by molar-refractivity contribution is -0.130. The van der Waals surface area contributed by atoms with Gasteiger partial charge in [-0.3, -0.25) is 19.9 Å². The zero-order chi connectivity index (χ0) is 15.1. The Morgan fingerprint density at radius 1 is 1.50 bits per heavy atom. The maximum atomic E-state index is 12.0. The number of rotatable bonds is 3. The Morgan fingerprint density at radius 2 is 2.15 bits per heavy atom. The number of hydrogen-bond acceptors (Lipinski definition) is 5. The van der Waals surface area contributed by atoms with Crippen molar-refractivity contribution >= 4 is 17.8 Å². The quantitative estimate of drug-likeness (QED) is 0.312. The third-order valence-corrected chi connectivity index (χ3v) is 3.06. The van der Waals surface area contributed by atoms with Crippen LogP contribution in [0, 0.1) is 6.92 Å². The number of nitrogens with one attached hydrogen (secondary N) is 2. The van der Waals surface area contributed by atoms with Gasteiger partial charge in [0.2, 0.25) is 0 Å². The minimum atomic E-state index is -0.934. The van der Waals surface area contributed by atoms with E-state index in [2.05, 4.69) is 5.32 Å². The first-order valence-corrected chi connectivity index (χ1v) is 6.00. The molecule has 8 nitrogen and oxygen atoms in total. The third-order valence-electron chi connectivity index (χ3n) is 3.06. The van der Waals surface area contributed by atoms with Gasteiger partial charge < -0.3 is 9.73 Å². The number of nitrogens with two attached hydrogens (primary N) is 1. The number of amides is 4. The van der Waals surface area contributed by atoms with Crippen molar-refractivity contribution in [2.75, 3.05) is 0 Å². The highest BCUT2D eigenvalue weighted by Crippen LogP contribution is 2.21. The molecule has 4 N–H and O–H groups in total. The van der Waals surface area contributed by atoms with E-state index in [1.807, 2.05) is 5.43 Å². The zero-order valence-electron chi connectivity index (χ0n) is 11.4. The maximum absolute atomic E-state index is 12.0. The Kier molecular flexibility index (Phi) is 3.26. The Balaban J connectivity index is 2.21. The lowest BCUT2D eigenvalue weighted by atomic mass is 10.1. The standard InChI is InChI=1S/C12H16N4O4/c1-6-4-7(20-8(6)9(17)15-13)5-16-10(18)12(2,3)14-11(16)19/h4H,5,13H2,1-3H3,(H,14,19)(H,15,17). The summed E-state index contributed by atoms with van der Waals surface area (Å²) in [5.41, 5.74) is 1.61. The molecule has 0 atom stereocenters. The number of hydrazine groups is 1. The molecule has 2 heterocycles. The Bertz CT molecular complexity index is 590. The molecule has 0 aromatic carbocycles. The molecule has 4 amide bonds. The summed E-state index contributed by atoms with van der Waals surface area (Å²) in [6.07, 6.45) is 0. The smallest absolute Gasteiger partial charge is 0.325 e. The van der Waals surface area contributed by atoms with Crippen LogP contribution in [0.2, 0.25) is 0 Å². The summed E-state index contributed by atoms with van der Waals surface area (Å²) >= 11 is 0. The van der Waals surface area contributed by atoms with Gasteiger partial charge in [-0.05, 0) is 26.8 Å². The van der Waals surface area contributed by atoms with Gasteiger partial charge in [-0.2, -0.15) is 0 Å². The van der Waals surface area contributed by atoms with Crippen molar-refractivity contribution in [1.82, 2.24) is 15.6 Å². The topological polar surface area (TPSA) is 118 Å². The molecule has 0 radical (unpaired) electrons. The largest absolute Gasteiger partial charge is 0.454 e. The highest BCUT2D eigenvalue weighted by atomic mass is 16.4. The summed E-state index contributed by atoms with van der Waals surface area (Å²) in [7, 11) is 0. The van der Waals surface area contributed by atoms with Gasteiger partial charge >= 0.3 is 11.9 Å². The highest BCUT2D eigenvalue weighted by molar-refractivity contribution is 6.06. The number of carbonyl (C=O) groups is 3. The van der Waals surface area contributed by atoms with Gasteiger partial charge in [0.05, 0.1) is 6.54 Å². The van der Waals surface area contributed by atoms with Gasteiger partial charge in [0.25, 0.3) is 5.91 Å². The van der Waals surface area contributed by atoms with Gasteiger partial charge in [0, 0.05) is 5.56 Å². The van der Waals surface area contributed by atoms with Crippen LogP contribution in [-0.2, 0) is 11.3 Å². The molecule has 1 saturated heterocycles. The van der Waals surface area contributed by atoms with Crippen LogP contribution in [0.15, 0.2) is 10.5 Å². The number of aryl methyl sites for hydroxylation is 1. The molecule has 0 aliphatic carbocycles. The number of nitrogen functional groups attached to an aromatic ring is 1. The van der Waals surface area contributed by atoms with Gasteiger partial charge in [0.15, 0.2) is 5.76 Å². The van der Waals surface area contributed by atoms with Crippen LogP contribution in [0.1, 0.15) is 35.7 Å². The summed E-state index contributed by atoms with van der Waals surface area (Å²) in [6.45, 7) is 4.88. The molecule has 20 heavy (non-hydrogen) atoms. The fraction of sp³-hybridized carbons (Fsp3) is 0.417. The van der Waals surface area contributed by atoms with E-state index in [4.69, 9.17) is 10.3 Å². The molecule has 2 rings (SSSR count). The van der Waals surface area contributed by atoms with Crippen LogP contribution in [0.25, 0.3) is 0 Å². The maximum Gasteiger partial charge on any atom is 0.325 e. The molecular formula is C12H16N4O4. The third kappa shape index (κ3) is 2.25. The van der Waals surface area contributed by atoms with E-state index >= 15 is 0 Å². The van der Waals surface area contributed by atoms with Crippen molar-refractivity contribution < 1.29 is 18.8 Å². The van der Waals surface area contributed by atoms with E-state index < -0.39 is 17.5 Å². The lowest BCUT2D eigenvalue weighted by Gasteiger charge is -2.14. The molecule has 1 aliphatic heterocycles. The number of hydrogen-bond donors (Lipinski definition) is 3. The first-order valence-electron chi connectivity index (χ1n) is 6.00. The van der Waals surface area contributed by atoms with E-state index in [9.17, 15) is 14.4 Å². The predicted molar refractivity (Wildman–Crippen MR) is 68.3 cm³/mol. The molecule has 0 unspecified atom stereocenters. The van der Waals surface area contributed by atoms with Gasteiger partial charge in [-0.1, -0.05) is 0 Å². The Morgan fingerprint density at radius 3 is 2.65 bits per heavy atom.